The minimum atomic E-state index is -3.95. The molecule has 0 fully saturated rings. The van der Waals surface area contributed by atoms with E-state index < -0.39 is 21.5 Å². The van der Waals surface area contributed by atoms with Crippen molar-refractivity contribution in [1.29, 1.82) is 0 Å². The van der Waals surface area contributed by atoms with Crippen molar-refractivity contribution in [2.45, 2.75) is 26.3 Å². The van der Waals surface area contributed by atoms with Gasteiger partial charge in [0, 0.05) is 6.54 Å². The van der Waals surface area contributed by atoms with E-state index in [1.807, 2.05) is 0 Å². The highest BCUT2D eigenvalue weighted by Gasteiger charge is 2.49. The van der Waals surface area contributed by atoms with Crippen LogP contribution in [0, 0.1) is 0 Å². The molecule has 1 aliphatic heterocycles. The van der Waals surface area contributed by atoms with E-state index in [-0.39, 0.29) is 23.8 Å². The molecule has 1 aliphatic rings. The Morgan fingerprint density at radius 3 is 2.27 bits per heavy atom. The summed E-state index contributed by atoms with van der Waals surface area (Å²) in [4.78, 5) is 12.6. The summed E-state index contributed by atoms with van der Waals surface area (Å²) in [5, 5.41) is 11.7. The SMILES string of the molecule is CC(C)(C)N1C(=O)C(NCCO)=C(c2ccccc2)S1(=O)=O. The normalized spacial score (nSPS) is 18.0. The number of rotatable bonds is 4. The summed E-state index contributed by atoms with van der Waals surface area (Å²) in [6.07, 6.45) is 0. The van der Waals surface area contributed by atoms with Crippen LogP contribution in [0.15, 0.2) is 36.0 Å². The van der Waals surface area contributed by atoms with Crippen LogP contribution >= 0.6 is 0 Å². The monoisotopic (exact) mass is 324 g/mol. The molecule has 0 bridgehead atoms. The molecule has 1 heterocycles. The van der Waals surface area contributed by atoms with Crippen molar-refractivity contribution >= 4 is 20.8 Å². The molecule has 0 aliphatic carbocycles. The van der Waals surface area contributed by atoms with Gasteiger partial charge in [0.15, 0.2) is 0 Å². The predicted molar refractivity (Wildman–Crippen MR) is 84.0 cm³/mol. The maximum absolute atomic E-state index is 12.9. The van der Waals surface area contributed by atoms with Gasteiger partial charge in [-0.1, -0.05) is 30.3 Å². The molecule has 0 radical (unpaired) electrons. The van der Waals surface area contributed by atoms with Crippen molar-refractivity contribution in [2.75, 3.05) is 13.2 Å². The maximum Gasteiger partial charge on any atom is 0.285 e. The lowest BCUT2D eigenvalue weighted by atomic mass is 10.1. The molecule has 0 spiro atoms. The van der Waals surface area contributed by atoms with Crippen LogP contribution in [0.2, 0.25) is 0 Å². The van der Waals surface area contributed by atoms with E-state index in [0.717, 1.165) is 4.31 Å². The number of carbonyl (C=O) groups is 1. The van der Waals surface area contributed by atoms with E-state index in [4.69, 9.17) is 5.11 Å². The van der Waals surface area contributed by atoms with Crippen molar-refractivity contribution in [1.82, 2.24) is 9.62 Å². The van der Waals surface area contributed by atoms with Gasteiger partial charge in [-0.15, -0.1) is 0 Å². The second-order valence-corrected chi connectivity index (χ2v) is 7.69. The summed E-state index contributed by atoms with van der Waals surface area (Å²) >= 11 is 0. The number of hydrogen-bond donors (Lipinski definition) is 2. The van der Waals surface area contributed by atoms with Gasteiger partial charge in [0.2, 0.25) is 0 Å². The number of benzene rings is 1. The highest BCUT2D eigenvalue weighted by Crippen LogP contribution is 2.38. The average molecular weight is 324 g/mol. The molecular formula is C15H20N2O4S. The third kappa shape index (κ3) is 2.74. The van der Waals surface area contributed by atoms with E-state index in [1.54, 1.807) is 51.1 Å². The fraction of sp³-hybridized carbons (Fsp3) is 0.400. The van der Waals surface area contributed by atoms with Crippen molar-refractivity contribution in [3.8, 4) is 0 Å². The zero-order valence-electron chi connectivity index (χ0n) is 12.8. The van der Waals surface area contributed by atoms with Crippen LogP contribution in [0.4, 0.5) is 0 Å². The van der Waals surface area contributed by atoms with Crippen LogP contribution < -0.4 is 5.32 Å². The van der Waals surface area contributed by atoms with E-state index in [0.29, 0.717) is 5.56 Å². The van der Waals surface area contributed by atoms with E-state index >= 15 is 0 Å². The van der Waals surface area contributed by atoms with Crippen molar-refractivity contribution < 1.29 is 18.3 Å². The number of aliphatic hydroxyl groups is 1. The summed E-state index contributed by atoms with van der Waals surface area (Å²) < 4.78 is 26.6. The quantitative estimate of drug-likeness (QED) is 0.859. The number of sulfonamides is 1. The minimum Gasteiger partial charge on any atom is -0.395 e. The molecule has 2 N–H and O–H groups in total. The Hall–Kier alpha value is -1.86. The lowest BCUT2D eigenvalue weighted by molar-refractivity contribution is -0.125. The highest BCUT2D eigenvalue weighted by molar-refractivity contribution is 7.99. The molecule has 0 saturated heterocycles. The molecule has 120 valence electrons. The summed E-state index contributed by atoms with van der Waals surface area (Å²) in [7, 11) is -3.95. The van der Waals surface area contributed by atoms with Crippen molar-refractivity contribution in [3.63, 3.8) is 0 Å². The van der Waals surface area contributed by atoms with Crippen LogP contribution in [-0.4, -0.2) is 42.4 Å². The third-order valence-corrected chi connectivity index (χ3v) is 5.33. The van der Waals surface area contributed by atoms with Gasteiger partial charge < -0.3 is 10.4 Å². The Balaban J connectivity index is 2.66. The van der Waals surface area contributed by atoms with Gasteiger partial charge in [-0.05, 0) is 26.3 Å². The fourth-order valence-corrected chi connectivity index (χ4v) is 4.48. The zero-order valence-corrected chi connectivity index (χ0v) is 13.6. The zero-order chi connectivity index (χ0) is 16.5. The lowest BCUT2D eigenvalue weighted by Crippen LogP contribution is -2.46. The van der Waals surface area contributed by atoms with Gasteiger partial charge in [0.25, 0.3) is 15.9 Å². The molecule has 7 heteroatoms. The van der Waals surface area contributed by atoms with E-state index in [9.17, 15) is 13.2 Å². The summed E-state index contributed by atoms with van der Waals surface area (Å²) in [5.41, 5.74) is -0.420. The van der Waals surface area contributed by atoms with Gasteiger partial charge in [-0.2, -0.15) is 0 Å². The van der Waals surface area contributed by atoms with Gasteiger partial charge >= 0.3 is 0 Å². The van der Waals surface area contributed by atoms with Crippen LogP contribution in [0.25, 0.3) is 4.91 Å². The molecule has 0 saturated carbocycles. The Bertz CT molecular complexity index is 703. The first-order chi connectivity index (χ1) is 10.2. The first kappa shape index (κ1) is 16.5. The number of carbonyl (C=O) groups excluding carboxylic acids is 1. The van der Waals surface area contributed by atoms with E-state index in [2.05, 4.69) is 5.32 Å². The molecule has 22 heavy (non-hydrogen) atoms. The summed E-state index contributed by atoms with van der Waals surface area (Å²) in [6, 6.07) is 8.49. The Labute approximate surface area is 130 Å². The second-order valence-electron chi connectivity index (χ2n) is 5.97. The number of hydrogen-bond acceptors (Lipinski definition) is 5. The Kier molecular flexibility index (Phi) is 4.30. The summed E-state index contributed by atoms with van der Waals surface area (Å²) in [6.45, 7) is 4.90. The number of aliphatic hydroxyl groups excluding tert-OH is 1. The highest BCUT2D eigenvalue weighted by atomic mass is 32.2. The predicted octanol–water partition coefficient (Wildman–Crippen LogP) is 0.908. The van der Waals surface area contributed by atoms with Crippen molar-refractivity contribution in [3.05, 3.63) is 41.6 Å². The summed E-state index contributed by atoms with van der Waals surface area (Å²) in [5.74, 6) is -0.597. The molecule has 0 unspecified atom stereocenters. The minimum absolute atomic E-state index is 0.00942. The largest absolute Gasteiger partial charge is 0.395 e. The average Bonchev–Trinajstić information content (AvgIpc) is 2.62. The molecular weight excluding hydrogens is 304 g/mol. The smallest absolute Gasteiger partial charge is 0.285 e. The molecule has 0 atom stereocenters. The van der Waals surface area contributed by atoms with Crippen LogP contribution in [0.5, 0.6) is 0 Å². The van der Waals surface area contributed by atoms with Crippen LogP contribution in [-0.2, 0) is 14.8 Å². The molecule has 1 aromatic carbocycles. The van der Waals surface area contributed by atoms with Gasteiger partial charge in [0.1, 0.15) is 10.6 Å². The van der Waals surface area contributed by atoms with Gasteiger partial charge in [0.05, 0.1) is 12.1 Å². The standard InChI is InChI=1S/C15H20N2O4S/c1-15(2,3)17-14(19)12(16-9-10-18)13(22(17,20)21)11-7-5-4-6-8-11/h4-8,16,18H,9-10H2,1-3H3. The van der Waals surface area contributed by atoms with Crippen LogP contribution in [0.1, 0.15) is 26.3 Å². The molecule has 2 rings (SSSR count). The van der Waals surface area contributed by atoms with Crippen LogP contribution in [0.3, 0.4) is 0 Å². The lowest BCUT2D eigenvalue weighted by Gasteiger charge is -2.30. The molecule has 1 aromatic rings. The third-order valence-electron chi connectivity index (χ3n) is 3.18. The topological polar surface area (TPSA) is 86.7 Å². The van der Waals surface area contributed by atoms with E-state index in [1.165, 1.54) is 0 Å². The number of nitrogens with one attached hydrogen (secondary N) is 1. The molecule has 6 nitrogen and oxygen atoms in total. The second kappa shape index (κ2) is 5.73. The Morgan fingerprint density at radius 2 is 1.77 bits per heavy atom. The number of nitrogens with zero attached hydrogens (tertiary/aromatic N) is 1. The Morgan fingerprint density at radius 1 is 1.18 bits per heavy atom. The maximum atomic E-state index is 12.9. The first-order valence-corrected chi connectivity index (χ1v) is 8.39. The van der Waals surface area contributed by atoms with Crippen molar-refractivity contribution in [2.24, 2.45) is 0 Å². The molecule has 1 amide bonds. The number of amides is 1. The van der Waals surface area contributed by atoms with Gasteiger partial charge in [-0.3, -0.25) is 4.79 Å². The molecule has 0 aromatic heterocycles. The first-order valence-electron chi connectivity index (χ1n) is 6.95. The van der Waals surface area contributed by atoms with Gasteiger partial charge in [-0.25, -0.2) is 12.7 Å². The fourth-order valence-electron chi connectivity index (χ4n) is 2.41.